The molecule has 5 rings (SSSR count). The molecule has 12 nitrogen and oxygen atoms in total. The Morgan fingerprint density at radius 1 is 0.811 bits per heavy atom. The van der Waals surface area contributed by atoms with Gasteiger partial charge in [-0.25, -0.2) is 4.79 Å². The highest BCUT2D eigenvalue weighted by Crippen LogP contribution is 2.31. The van der Waals surface area contributed by atoms with Crippen LogP contribution in [0.15, 0.2) is 84.0 Å². The lowest BCUT2D eigenvalue weighted by atomic mass is 9.95. The van der Waals surface area contributed by atoms with Gasteiger partial charge in [0.2, 0.25) is 5.91 Å². The molecule has 1 fully saturated rings. The fraction of sp³-hybridized carbons (Fsp3) is 0.415. The van der Waals surface area contributed by atoms with Gasteiger partial charge in [-0.3, -0.25) is 24.2 Å². The molecule has 0 unspecified atom stereocenters. The molecule has 0 spiro atoms. The molecule has 1 saturated heterocycles. The predicted octanol–water partition coefficient (Wildman–Crippen LogP) is 6.37. The number of carbonyl (C=O) groups is 4. The summed E-state index contributed by atoms with van der Waals surface area (Å²) in [6.07, 6.45) is 15.6. The summed E-state index contributed by atoms with van der Waals surface area (Å²) in [5.41, 5.74) is 1.28. The Hall–Kier alpha value is -5.52. The number of nitrogens with zero attached hydrogens (tertiary/aromatic N) is 4. The molecular formula is C41H49N5O7. The van der Waals surface area contributed by atoms with E-state index in [4.69, 9.17) is 0 Å². The number of rotatable bonds is 19. The average molecular weight is 724 g/mol. The molecule has 53 heavy (non-hydrogen) atoms. The van der Waals surface area contributed by atoms with Crippen LogP contribution in [0.25, 0.3) is 10.8 Å². The molecule has 0 radical (unpaired) electrons. The minimum atomic E-state index is -1.13. The minimum absolute atomic E-state index is 0.00244. The number of carboxylic acid groups (broad SMARTS) is 2. The van der Waals surface area contributed by atoms with Gasteiger partial charge in [0.15, 0.2) is 0 Å². The summed E-state index contributed by atoms with van der Waals surface area (Å²) in [5.74, 6) is -2.91. The number of aromatic nitrogens is 2. The number of aliphatic carboxylic acids is 1. The quantitative estimate of drug-likeness (QED) is 0.0934. The van der Waals surface area contributed by atoms with Gasteiger partial charge in [-0.05, 0) is 43.9 Å². The maximum absolute atomic E-state index is 14.3. The number of nitrogens with one attached hydrogen (secondary N) is 1. The number of piperidine rings is 1. The molecule has 3 heterocycles. The van der Waals surface area contributed by atoms with Gasteiger partial charge in [0, 0.05) is 55.4 Å². The number of hydrogen-bond acceptors (Lipinski definition) is 7. The Kier molecular flexibility index (Phi) is 14.1. The van der Waals surface area contributed by atoms with Crippen molar-refractivity contribution in [2.45, 2.75) is 77.2 Å². The summed E-state index contributed by atoms with van der Waals surface area (Å²) in [4.78, 5) is 70.3. The third kappa shape index (κ3) is 10.8. The van der Waals surface area contributed by atoms with E-state index in [1.807, 2.05) is 30.6 Å². The van der Waals surface area contributed by atoms with Crippen LogP contribution < -0.4 is 20.7 Å². The highest BCUT2D eigenvalue weighted by molar-refractivity contribution is 6.04. The van der Waals surface area contributed by atoms with Crippen molar-refractivity contribution in [3.8, 4) is 0 Å². The van der Waals surface area contributed by atoms with Crippen LogP contribution in [0.1, 0.15) is 91.3 Å². The number of anilines is 2. The standard InChI is InChI=1S/C41H49N5O7/c47-37-21-20-32(28-45(37)29-38(48)49)46(40(51)31-16-14-23-44(27-31)36-26-42-25-30-15-8-9-17-33(30)36)24-13-7-5-3-1-2-4-6-12-22-43-39(50)34-18-10-11-19-35(34)41(52)53/h8-11,15,17-21,25-26,28,31H,1-7,12-14,16,22-24,27,29H2,(H,43,50)(H,48,49)(H,52,53)/t31-/m0/s1. The number of fused-ring (bicyclic) bond motifs is 1. The van der Waals surface area contributed by atoms with Crippen LogP contribution >= 0.6 is 0 Å². The Balaban J connectivity index is 1.09. The first-order chi connectivity index (χ1) is 25.7. The Morgan fingerprint density at radius 3 is 2.23 bits per heavy atom. The lowest BCUT2D eigenvalue weighted by Crippen LogP contribution is -2.45. The Morgan fingerprint density at radius 2 is 1.49 bits per heavy atom. The van der Waals surface area contributed by atoms with E-state index < -0.39 is 24.0 Å². The van der Waals surface area contributed by atoms with Gasteiger partial charge in [0.05, 0.1) is 34.6 Å². The summed E-state index contributed by atoms with van der Waals surface area (Å²) in [6, 6.07) is 17.2. The lowest BCUT2D eigenvalue weighted by Gasteiger charge is -2.36. The summed E-state index contributed by atoms with van der Waals surface area (Å²) < 4.78 is 1.14. The van der Waals surface area contributed by atoms with Crippen LogP contribution in [0.3, 0.4) is 0 Å². The number of benzene rings is 2. The van der Waals surface area contributed by atoms with Crippen molar-refractivity contribution in [1.82, 2.24) is 14.9 Å². The molecule has 2 aromatic carbocycles. The van der Waals surface area contributed by atoms with E-state index in [1.54, 1.807) is 23.1 Å². The average Bonchev–Trinajstić information content (AvgIpc) is 3.17. The van der Waals surface area contributed by atoms with Crippen molar-refractivity contribution in [1.29, 1.82) is 0 Å². The molecule has 1 aliphatic rings. The topological polar surface area (TPSA) is 162 Å². The normalized spacial score (nSPS) is 14.2. The van der Waals surface area contributed by atoms with Crippen LogP contribution in [0.4, 0.5) is 11.4 Å². The van der Waals surface area contributed by atoms with Crippen LogP contribution in [-0.4, -0.2) is 69.7 Å². The second-order valence-corrected chi connectivity index (χ2v) is 13.7. The van der Waals surface area contributed by atoms with Gasteiger partial charge in [-0.1, -0.05) is 81.3 Å². The molecule has 280 valence electrons. The van der Waals surface area contributed by atoms with Crippen molar-refractivity contribution >= 4 is 45.9 Å². The zero-order valence-electron chi connectivity index (χ0n) is 30.1. The zero-order chi connectivity index (χ0) is 37.6. The van der Waals surface area contributed by atoms with Gasteiger partial charge in [0.25, 0.3) is 11.5 Å². The predicted molar refractivity (Wildman–Crippen MR) is 205 cm³/mol. The van der Waals surface area contributed by atoms with Crippen molar-refractivity contribution < 1.29 is 29.4 Å². The lowest BCUT2D eigenvalue weighted by molar-refractivity contribution is -0.137. The largest absolute Gasteiger partial charge is 0.480 e. The fourth-order valence-corrected chi connectivity index (χ4v) is 7.08. The SMILES string of the molecule is O=C(O)Cn1cc(N(CCCCCCCCCCCNC(=O)c2ccccc2C(=O)O)C(=O)[C@H]2CCCN(c3cncc4ccccc34)C2)ccc1=O. The van der Waals surface area contributed by atoms with Gasteiger partial charge in [-0.15, -0.1) is 0 Å². The highest BCUT2D eigenvalue weighted by atomic mass is 16.4. The van der Waals surface area contributed by atoms with E-state index in [0.29, 0.717) is 25.3 Å². The number of carbonyl (C=O) groups excluding carboxylic acids is 2. The number of pyridine rings is 2. The smallest absolute Gasteiger partial charge is 0.336 e. The molecule has 4 aromatic rings. The molecule has 1 aliphatic heterocycles. The molecule has 1 atom stereocenters. The van der Waals surface area contributed by atoms with Crippen LogP contribution in [0, 0.1) is 5.92 Å². The van der Waals surface area contributed by atoms with E-state index >= 15 is 0 Å². The molecule has 0 bridgehead atoms. The van der Waals surface area contributed by atoms with Crippen molar-refractivity contribution in [3.05, 3.63) is 101 Å². The third-order valence-corrected chi connectivity index (χ3v) is 9.86. The summed E-state index contributed by atoms with van der Waals surface area (Å²) >= 11 is 0. The first-order valence-corrected chi connectivity index (χ1v) is 18.6. The monoisotopic (exact) mass is 723 g/mol. The van der Waals surface area contributed by atoms with Gasteiger partial charge in [0.1, 0.15) is 6.54 Å². The molecule has 12 heteroatoms. The first-order valence-electron chi connectivity index (χ1n) is 18.6. The zero-order valence-corrected chi connectivity index (χ0v) is 30.1. The summed E-state index contributed by atoms with van der Waals surface area (Å²) in [6.45, 7) is 1.86. The van der Waals surface area contributed by atoms with E-state index in [0.717, 1.165) is 98.2 Å². The van der Waals surface area contributed by atoms with Crippen molar-refractivity contribution in [2.24, 2.45) is 5.92 Å². The van der Waals surface area contributed by atoms with Gasteiger partial charge in [-0.2, -0.15) is 0 Å². The molecule has 2 aromatic heterocycles. The molecule has 0 aliphatic carbocycles. The molecule has 0 saturated carbocycles. The van der Waals surface area contributed by atoms with E-state index in [9.17, 15) is 34.2 Å². The highest BCUT2D eigenvalue weighted by Gasteiger charge is 2.31. The van der Waals surface area contributed by atoms with E-state index in [-0.39, 0.29) is 28.9 Å². The number of aromatic carboxylic acids is 1. The van der Waals surface area contributed by atoms with E-state index in [2.05, 4.69) is 21.3 Å². The number of carboxylic acids is 2. The molecule has 2 amide bonds. The Bertz CT molecular complexity index is 1940. The van der Waals surface area contributed by atoms with Crippen LogP contribution in [-0.2, 0) is 16.1 Å². The van der Waals surface area contributed by atoms with Crippen molar-refractivity contribution in [3.63, 3.8) is 0 Å². The van der Waals surface area contributed by atoms with Gasteiger partial charge >= 0.3 is 11.9 Å². The van der Waals surface area contributed by atoms with Gasteiger partial charge < -0.3 is 29.9 Å². The van der Waals surface area contributed by atoms with Crippen molar-refractivity contribution in [2.75, 3.05) is 36.0 Å². The summed E-state index contributed by atoms with van der Waals surface area (Å²) in [7, 11) is 0. The van der Waals surface area contributed by atoms with E-state index in [1.165, 1.54) is 24.4 Å². The third-order valence-electron chi connectivity index (χ3n) is 9.86. The maximum Gasteiger partial charge on any atom is 0.336 e. The second kappa shape index (κ2) is 19.4. The Labute approximate surface area is 309 Å². The number of unbranched alkanes of at least 4 members (excludes halogenated alkanes) is 8. The minimum Gasteiger partial charge on any atom is -0.480 e. The summed E-state index contributed by atoms with van der Waals surface area (Å²) in [5, 5.41) is 23.6. The molecule has 3 N–H and O–H groups in total. The first kappa shape index (κ1) is 38.7. The molecular weight excluding hydrogens is 674 g/mol. The number of hydrogen-bond donors (Lipinski definition) is 3. The van der Waals surface area contributed by atoms with Crippen LogP contribution in [0.5, 0.6) is 0 Å². The fourth-order valence-electron chi connectivity index (χ4n) is 7.08. The second-order valence-electron chi connectivity index (χ2n) is 13.7. The maximum atomic E-state index is 14.3. The number of amides is 2. The van der Waals surface area contributed by atoms with Crippen LogP contribution in [0.2, 0.25) is 0 Å².